The van der Waals surface area contributed by atoms with Crippen LogP contribution in [0.5, 0.6) is 0 Å². The van der Waals surface area contributed by atoms with E-state index in [0.29, 0.717) is 12.0 Å². The number of nitrogens with zero attached hydrogens (tertiary/aromatic N) is 3. The molecule has 0 aliphatic carbocycles. The molecule has 1 saturated heterocycles. The lowest BCUT2D eigenvalue weighted by molar-refractivity contribution is 0.238. The third-order valence-electron chi connectivity index (χ3n) is 6.07. The summed E-state index contributed by atoms with van der Waals surface area (Å²) in [5.41, 5.74) is 2.69. The second kappa shape index (κ2) is 11.6. The number of hydrogen-bond donors (Lipinski definition) is 2. The molecule has 2 aromatic rings. The molecule has 1 fully saturated rings. The first kappa shape index (κ1) is 22.2. The molecule has 2 aromatic carbocycles. The van der Waals surface area contributed by atoms with Crippen molar-refractivity contribution in [3.05, 3.63) is 66.2 Å². The van der Waals surface area contributed by atoms with Gasteiger partial charge in [0.05, 0.1) is 0 Å². The van der Waals surface area contributed by atoms with Crippen molar-refractivity contribution in [2.24, 2.45) is 10.9 Å². The smallest absolute Gasteiger partial charge is 0.190 e. The molecule has 0 spiro atoms. The molecule has 5 heteroatoms. The largest absolute Gasteiger partial charge is 0.371 e. The average Bonchev–Trinajstić information content (AvgIpc) is 3.26. The first-order valence-electron chi connectivity index (χ1n) is 11.1. The van der Waals surface area contributed by atoms with E-state index in [4.69, 9.17) is 0 Å². The van der Waals surface area contributed by atoms with Crippen LogP contribution in [0.2, 0.25) is 0 Å². The lowest BCUT2D eigenvalue weighted by Crippen LogP contribution is -2.42. The molecule has 0 radical (unpaired) electrons. The van der Waals surface area contributed by atoms with Crippen molar-refractivity contribution in [1.82, 2.24) is 15.5 Å². The van der Waals surface area contributed by atoms with Gasteiger partial charge in [-0.2, -0.15) is 0 Å². The van der Waals surface area contributed by atoms with E-state index >= 15 is 0 Å². The maximum atomic E-state index is 4.40. The van der Waals surface area contributed by atoms with Gasteiger partial charge in [0.1, 0.15) is 0 Å². The van der Waals surface area contributed by atoms with Gasteiger partial charge in [-0.15, -0.1) is 0 Å². The summed E-state index contributed by atoms with van der Waals surface area (Å²) in [7, 11) is 4.05. The number of hydrogen-bond acceptors (Lipinski definition) is 3. The summed E-state index contributed by atoms with van der Waals surface area (Å²) in [6.45, 7) is 7.39. The number of guanidine groups is 1. The fourth-order valence-electron chi connectivity index (χ4n) is 3.98. The molecular formula is C25H37N5. The van der Waals surface area contributed by atoms with Crippen LogP contribution in [-0.2, 0) is 6.54 Å². The van der Waals surface area contributed by atoms with Crippen LogP contribution in [0.25, 0.3) is 0 Å². The normalized spacial score (nSPS) is 17.9. The Balaban J connectivity index is 1.34. The number of benzene rings is 2. The number of anilines is 1. The van der Waals surface area contributed by atoms with Crippen LogP contribution in [0.15, 0.2) is 65.7 Å². The highest BCUT2D eigenvalue weighted by Crippen LogP contribution is 2.22. The summed E-state index contributed by atoms with van der Waals surface area (Å²) in [4.78, 5) is 9.29. The van der Waals surface area contributed by atoms with Gasteiger partial charge >= 0.3 is 0 Å². The van der Waals surface area contributed by atoms with E-state index in [1.165, 1.54) is 17.7 Å². The van der Waals surface area contributed by atoms with Crippen molar-refractivity contribution in [3.8, 4) is 0 Å². The summed E-state index contributed by atoms with van der Waals surface area (Å²) in [6.07, 6.45) is 2.30. The maximum Gasteiger partial charge on any atom is 0.190 e. The van der Waals surface area contributed by atoms with Crippen LogP contribution < -0.4 is 15.5 Å². The van der Waals surface area contributed by atoms with Crippen molar-refractivity contribution in [1.29, 1.82) is 0 Å². The van der Waals surface area contributed by atoms with Gasteiger partial charge in [0.25, 0.3) is 0 Å². The lowest BCUT2D eigenvalue weighted by Gasteiger charge is -2.25. The Morgan fingerprint density at radius 1 is 1.10 bits per heavy atom. The number of rotatable bonds is 9. The molecule has 0 aromatic heterocycles. The molecule has 1 aliphatic heterocycles. The zero-order valence-corrected chi connectivity index (χ0v) is 18.7. The zero-order chi connectivity index (χ0) is 21.2. The molecule has 5 nitrogen and oxygen atoms in total. The van der Waals surface area contributed by atoms with Gasteiger partial charge in [-0.05, 0) is 50.4 Å². The second-order valence-electron chi connectivity index (χ2n) is 8.35. The Kier molecular flexibility index (Phi) is 8.57. The Morgan fingerprint density at radius 3 is 2.50 bits per heavy atom. The molecule has 2 unspecified atom stereocenters. The number of nitrogens with one attached hydrogen (secondary N) is 2. The molecule has 2 N–H and O–H groups in total. The van der Waals surface area contributed by atoms with Crippen LogP contribution in [-0.4, -0.2) is 57.2 Å². The van der Waals surface area contributed by atoms with Crippen molar-refractivity contribution in [2.75, 3.05) is 45.2 Å². The standard InChI is InChI=1S/C25H37N5/c1-21(29(3)19-22-10-6-4-7-11-22)14-16-27-25(26-2)28-18-23-15-17-30(20-23)24-12-8-5-9-13-24/h4-13,21,23H,14-20H2,1-3H3,(H2,26,27,28). The summed E-state index contributed by atoms with van der Waals surface area (Å²) in [5.74, 6) is 1.56. The molecule has 0 amide bonds. The average molecular weight is 408 g/mol. The molecule has 0 saturated carbocycles. The highest BCUT2D eigenvalue weighted by Gasteiger charge is 2.22. The SMILES string of the molecule is CN=C(NCCC(C)N(C)Cc1ccccc1)NCC1CCN(c2ccccc2)C1. The van der Waals surface area contributed by atoms with Crippen molar-refractivity contribution in [2.45, 2.75) is 32.4 Å². The van der Waals surface area contributed by atoms with Crippen LogP contribution in [0.3, 0.4) is 0 Å². The lowest BCUT2D eigenvalue weighted by atomic mass is 10.1. The Morgan fingerprint density at radius 2 is 1.80 bits per heavy atom. The first-order chi connectivity index (χ1) is 14.7. The van der Waals surface area contributed by atoms with Gasteiger partial charge in [0.15, 0.2) is 5.96 Å². The van der Waals surface area contributed by atoms with Crippen molar-refractivity contribution >= 4 is 11.6 Å². The second-order valence-corrected chi connectivity index (χ2v) is 8.35. The van der Waals surface area contributed by atoms with Gasteiger partial charge in [0.2, 0.25) is 0 Å². The first-order valence-corrected chi connectivity index (χ1v) is 11.1. The topological polar surface area (TPSA) is 42.9 Å². The number of para-hydroxylation sites is 1. The predicted octanol–water partition coefficient (Wildman–Crippen LogP) is 3.59. The summed E-state index contributed by atoms with van der Waals surface area (Å²) < 4.78 is 0. The van der Waals surface area contributed by atoms with E-state index in [1.54, 1.807) is 0 Å². The Hall–Kier alpha value is -2.53. The fraction of sp³-hybridized carbons (Fsp3) is 0.480. The van der Waals surface area contributed by atoms with E-state index in [1.807, 2.05) is 7.05 Å². The van der Waals surface area contributed by atoms with Crippen molar-refractivity contribution in [3.63, 3.8) is 0 Å². The van der Waals surface area contributed by atoms with E-state index in [2.05, 4.69) is 100 Å². The van der Waals surface area contributed by atoms with Gasteiger partial charge in [-0.1, -0.05) is 48.5 Å². The van der Waals surface area contributed by atoms with Crippen LogP contribution in [0.4, 0.5) is 5.69 Å². The van der Waals surface area contributed by atoms with Gasteiger partial charge in [-0.25, -0.2) is 0 Å². The van der Waals surface area contributed by atoms with E-state index in [9.17, 15) is 0 Å². The fourth-order valence-corrected chi connectivity index (χ4v) is 3.98. The molecule has 0 bridgehead atoms. The summed E-state index contributed by atoms with van der Waals surface area (Å²) in [5, 5.41) is 7.01. The van der Waals surface area contributed by atoms with E-state index < -0.39 is 0 Å². The molecular weight excluding hydrogens is 370 g/mol. The zero-order valence-electron chi connectivity index (χ0n) is 18.7. The molecule has 3 rings (SSSR count). The summed E-state index contributed by atoms with van der Waals surface area (Å²) >= 11 is 0. The molecule has 1 heterocycles. The molecule has 1 aliphatic rings. The van der Waals surface area contributed by atoms with E-state index in [0.717, 1.165) is 45.1 Å². The third kappa shape index (κ3) is 6.77. The highest BCUT2D eigenvalue weighted by atomic mass is 15.2. The predicted molar refractivity (Wildman–Crippen MR) is 128 cm³/mol. The van der Waals surface area contributed by atoms with Crippen LogP contribution >= 0.6 is 0 Å². The van der Waals surface area contributed by atoms with Gasteiger partial charge in [0, 0.05) is 51.5 Å². The summed E-state index contributed by atoms with van der Waals surface area (Å²) in [6, 6.07) is 21.9. The Bertz CT molecular complexity index is 762. The van der Waals surface area contributed by atoms with Crippen molar-refractivity contribution < 1.29 is 0 Å². The van der Waals surface area contributed by atoms with Crippen LogP contribution in [0.1, 0.15) is 25.3 Å². The van der Waals surface area contributed by atoms with Crippen LogP contribution in [0, 0.1) is 5.92 Å². The monoisotopic (exact) mass is 407 g/mol. The maximum absolute atomic E-state index is 4.40. The third-order valence-corrected chi connectivity index (χ3v) is 6.07. The minimum absolute atomic E-state index is 0.505. The molecule has 162 valence electrons. The minimum atomic E-state index is 0.505. The highest BCUT2D eigenvalue weighted by molar-refractivity contribution is 5.79. The molecule has 30 heavy (non-hydrogen) atoms. The quantitative estimate of drug-likeness (QED) is 0.492. The molecule has 2 atom stereocenters. The van der Waals surface area contributed by atoms with Gasteiger partial charge in [-0.3, -0.25) is 9.89 Å². The Labute approximate surface area is 182 Å². The number of aliphatic imine (C=N–C) groups is 1. The minimum Gasteiger partial charge on any atom is -0.371 e. The van der Waals surface area contributed by atoms with Gasteiger partial charge < -0.3 is 15.5 Å². The van der Waals surface area contributed by atoms with E-state index in [-0.39, 0.29) is 0 Å².